The van der Waals surface area contributed by atoms with Gasteiger partial charge in [0.1, 0.15) is 24.0 Å². The van der Waals surface area contributed by atoms with E-state index in [2.05, 4.69) is 16.0 Å². The van der Waals surface area contributed by atoms with Crippen LogP contribution in [0.25, 0.3) is 0 Å². The molecule has 1 aromatic rings. The number of aliphatic hydroxyl groups excluding tert-OH is 1. The number of hydrogen-bond acceptors (Lipinski definition) is 8. The maximum atomic E-state index is 13.1. The van der Waals surface area contributed by atoms with Crippen molar-refractivity contribution in [2.24, 2.45) is 11.8 Å². The molecule has 1 aliphatic heterocycles. The molecule has 12 nitrogen and oxygen atoms in total. The first-order chi connectivity index (χ1) is 17.6. The van der Waals surface area contributed by atoms with Crippen LogP contribution in [0.4, 0.5) is 4.79 Å². The second-order valence-electron chi connectivity index (χ2n) is 10.3. The Morgan fingerprint density at radius 1 is 1.21 bits per heavy atom. The average molecular weight is 578 g/mol. The van der Waals surface area contributed by atoms with E-state index >= 15 is 0 Å². The number of amides is 3. The van der Waals surface area contributed by atoms with Crippen molar-refractivity contribution in [1.82, 2.24) is 16.0 Å². The van der Waals surface area contributed by atoms with E-state index in [4.69, 9.17) is 21.1 Å². The Hall–Kier alpha value is -2.61. The van der Waals surface area contributed by atoms with E-state index in [0.717, 1.165) is 0 Å². The number of alkyl carbamates (subject to hydrolysis) is 1. The van der Waals surface area contributed by atoms with E-state index in [1.54, 1.807) is 38.1 Å². The molecule has 0 saturated carbocycles. The Bertz CT molecular complexity index is 1080. The molecular weight excluding hydrogens is 542 g/mol. The van der Waals surface area contributed by atoms with E-state index in [-0.39, 0.29) is 31.3 Å². The number of carbonyl (C=O) groups excluding carboxylic acids is 3. The van der Waals surface area contributed by atoms with E-state index in [1.807, 2.05) is 13.8 Å². The van der Waals surface area contributed by atoms with Gasteiger partial charge in [-0.15, -0.1) is 0 Å². The molecule has 0 unspecified atom stereocenters. The molecule has 1 saturated heterocycles. The van der Waals surface area contributed by atoms with Gasteiger partial charge >= 0.3 is 6.09 Å². The number of aliphatic hydroxyl groups is 1. The number of ether oxygens (including phenoxy) is 2. The summed E-state index contributed by atoms with van der Waals surface area (Å²) in [5.74, 6) is -1.38. The summed E-state index contributed by atoms with van der Waals surface area (Å²) in [5, 5.41) is 18.1. The molecule has 0 radical (unpaired) electrons. The zero-order valence-corrected chi connectivity index (χ0v) is 23.3. The molecule has 1 heterocycles. The minimum atomic E-state index is -4.96. The molecule has 1 aromatic carbocycles. The van der Waals surface area contributed by atoms with Gasteiger partial charge in [0.15, 0.2) is 0 Å². The fraction of sp³-hybridized carbons (Fsp3) is 0.625. The van der Waals surface area contributed by atoms with Crippen LogP contribution >= 0.6 is 11.6 Å². The highest BCUT2D eigenvalue weighted by Gasteiger charge is 2.38. The summed E-state index contributed by atoms with van der Waals surface area (Å²) in [7, 11) is -4.96. The summed E-state index contributed by atoms with van der Waals surface area (Å²) < 4.78 is 43.7. The number of nitrogens with one attached hydrogen (secondary N) is 3. The standard InChI is InChI=1S/C24H36ClN3O9S/c1-14(2)11-18(28-23(32)36-13-24(3,4)37-17-7-5-16(25)6-8-17)21(30)27-19(22(31)38(33,34)35)12-15-9-10-26-20(15)29/h5-8,14-15,18-19,22,31H,9-13H2,1-4H3,(H,26,29)(H,27,30)(H,28,32)(H,33,34,35)/t15-,18-,19-,22-/m0/s1. The zero-order valence-electron chi connectivity index (χ0n) is 21.8. The van der Waals surface area contributed by atoms with Gasteiger partial charge in [-0.1, -0.05) is 25.4 Å². The number of rotatable bonds is 13. The fourth-order valence-electron chi connectivity index (χ4n) is 3.89. The van der Waals surface area contributed by atoms with Crippen molar-refractivity contribution in [3.8, 4) is 5.75 Å². The summed E-state index contributed by atoms with van der Waals surface area (Å²) in [4.78, 5) is 37.6. The van der Waals surface area contributed by atoms with Crippen LogP contribution < -0.4 is 20.7 Å². The van der Waals surface area contributed by atoms with Gasteiger partial charge in [-0.2, -0.15) is 8.42 Å². The van der Waals surface area contributed by atoms with Gasteiger partial charge in [0.25, 0.3) is 10.1 Å². The highest BCUT2D eigenvalue weighted by Crippen LogP contribution is 2.22. The van der Waals surface area contributed by atoms with Gasteiger partial charge in [0.05, 0.1) is 6.04 Å². The molecule has 0 aliphatic carbocycles. The lowest BCUT2D eigenvalue weighted by Gasteiger charge is -2.28. The molecule has 214 valence electrons. The van der Waals surface area contributed by atoms with Crippen LogP contribution in [0.3, 0.4) is 0 Å². The Morgan fingerprint density at radius 2 is 1.84 bits per heavy atom. The third kappa shape index (κ3) is 10.3. The molecule has 14 heteroatoms. The summed E-state index contributed by atoms with van der Waals surface area (Å²) >= 11 is 5.88. The van der Waals surface area contributed by atoms with Gasteiger partial charge in [0.2, 0.25) is 17.3 Å². The van der Waals surface area contributed by atoms with Gasteiger partial charge in [-0.3, -0.25) is 14.1 Å². The molecule has 38 heavy (non-hydrogen) atoms. The van der Waals surface area contributed by atoms with E-state index < -0.39 is 51.2 Å². The van der Waals surface area contributed by atoms with Crippen LogP contribution in [0.15, 0.2) is 24.3 Å². The van der Waals surface area contributed by atoms with Gasteiger partial charge in [-0.25, -0.2) is 4.79 Å². The molecule has 0 aromatic heterocycles. The van der Waals surface area contributed by atoms with Crippen molar-refractivity contribution in [3.05, 3.63) is 29.3 Å². The molecule has 5 N–H and O–H groups in total. The van der Waals surface area contributed by atoms with E-state index in [0.29, 0.717) is 23.7 Å². The number of halogens is 1. The van der Waals surface area contributed by atoms with Crippen LogP contribution in [0.1, 0.15) is 47.0 Å². The first-order valence-electron chi connectivity index (χ1n) is 12.2. The second kappa shape index (κ2) is 13.5. The molecule has 1 fully saturated rings. The Morgan fingerprint density at radius 3 is 2.37 bits per heavy atom. The second-order valence-corrected chi connectivity index (χ2v) is 12.2. The number of benzene rings is 1. The highest BCUT2D eigenvalue weighted by atomic mass is 35.5. The quantitative estimate of drug-likeness (QED) is 0.219. The topological polar surface area (TPSA) is 180 Å². The Balaban J connectivity index is 2.05. The lowest BCUT2D eigenvalue weighted by Crippen LogP contribution is -2.55. The van der Waals surface area contributed by atoms with Crippen LogP contribution in [0.2, 0.25) is 5.02 Å². The lowest BCUT2D eigenvalue weighted by atomic mass is 9.97. The van der Waals surface area contributed by atoms with Gasteiger partial charge in [-0.05, 0) is 63.3 Å². The molecule has 0 spiro atoms. The minimum Gasteiger partial charge on any atom is -0.484 e. The molecular formula is C24H36ClN3O9S. The Kier molecular flexibility index (Phi) is 11.2. The van der Waals surface area contributed by atoms with Crippen LogP contribution in [-0.4, -0.2) is 72.3 Å². The van der Waals surface area contributed by atoms with Crippen molar-refractivity contribution < 1.29 is 41.9 Å². The molecule has 0 bridgehead atoms. The lowest BCUT2D eigenvalue weighted by molar-refractivity contribution is -0.126. The predicted octanol–water partition coefficient (Wildman–Crippen LogP) is 1.86. The summed E-state index contributed by atoms with van der Waals surface area (Å²) in [6, 6.07) is 3.99. The van der Waals surface area contributed by atoms with Crippen molar-refractivity contribution in [2.75, 3.05) is 13.2 Å². The maximum Gasteiger partial charge on any atom is 0.407 e. The van der Waals surface area contributed by atoms with Crippen molar-refractivity contribution in [3.63, 3.8) is 0 Å². The monoisotopic (exact) mass is 577 g/mol. The third-order valence-corrected chi connectivity index (χ3v) is 6.94. The number of carbonyl (C=O) groups is 3. The SMILES string of the molecule is CC(C)C[C@H](NC(=O)OCC(C)(C)Oc1ccc(Cl)cc1)C(=O)N[C@@H](C[C@@H]1CCNC1=O)[C@@H](O)S(=O)(=O)O. The zero-order chi connectivity index (χ0) is 28.7. The van der Waals surface area contributed by atoms with Crippen LogP contribution in [0, 0.1) is 11.8 Å². The van der Waals surface area contributed by atoms with Crippen molar-refractivity contribution >= 4 is 39.6 Å². The van der Waals surface area contributed by atoms with E-state index in [1.165, 1.54) is 0 Å². The normalized spacial score (nSPS) is 18.3. The van der Waals surface area contributed by atoms with Crippen LogP contribution in [0.5, 0.6) is 5.75 Å². The fourth-order valence-corrected chi connectivity index (χ4v) is 4.61. The van der Waals surface area contributed by atoms with Gasteiger partial charge in [0, 0.05) is 17.5 Å². The Labute approximate surface area is 227 Å². The molecule has 3 amide bonds. The first kappa shape index (κ1) is 31.6. The van der Waals surface area contributed by atoms with Crippen LogP contribution in [-0.2, 0) is 24.4 Å². The average Bonchev–Trinajstić information content (AvgIpc) is 3.21. The molecule has 1 aliphatic rings. The van der Waals surface area contributed by atoms with Crippen molar-refractivity contribution in [1.29, 1.82) is 0 Å². The maximum absolute atomic E-state index is 13.1. The minimum absolute atomic E-state index is 0.0683. The number of hydrogen-bond donors (Lipinski definition) is 5. The van der Waals surface area contributed by atoms with Crippen molar-refractivity contribution in [2.45, 2.75) is 70.1 Å². The summed E-state index contributed by atoms with van der Waals surface area (Å²) in [6.07, 6.45) is -0.615. The molecule has 4 atom stereocenters. The van der Waals surface area contributed by atoms with Gasteiger partial charge < -0.3 is 30.5 Å². The summed E-state index contributed by atoms with van der Waals surface area (Å²) in [6.45, 7) is 7.22. The van der Waals surface area contributed by atoms with E-state index in [9.17, 15) is 32.5 Å². The largest absolute Gasteiger partial charge is 0.484 e. The summed E-state index contributed by atoms with van der Waals surface area (Å²) in [5.41, 5.74) is -3.29. The highest BCUT2D eigenvalue weighted by molar-refractivity contribution is 7.86. The third-order valence-electron chi connectivity index (χ3n) is 5.75. The molecule has 2 rings (SSSR count). The smallest absolute Gasteiger partial charge is 0.407 e. The predicted molar refractivity (Wildman–Crippen MR) is 139 cm³/mol. The first-order valence-corrected chi connectivity index (χ1v) is 14.1.